The topological polar surface area (TPSA) is 67.2 Å². The fraction of sp³-hybridized carbons (Fsp3) is 0.190. The van der Waals surface area contributed by atoms with E-state index in [9.17, 15) is 22.8 Å². The molecule has 0 unspecified atom stereocenters. The lowest BCUT2D eigenvalue weighted by Gasteiger charge is -2.16. The largest absolute Gasteiger partial charge is 0.434 e. The van der Waals surface area contributed by atoms with Gasteiger partial charge in [0.05, 0.1) is 17.4 Å². The SMILES string of the molecule is O=C(Nc1ccc(N2CCCC2=O)cc1)c1cnn(-c2cccc(Cl)c2)c1C(F)(F)F. The summed E-state index contributed by atoms with van der Waals surface area (Å²) in [5.74, 6) is -0.939. The molecule has 1 aliphatic rings. The van der Waals surface area contributed by atoms with Crippen LogP contribution in [0.3, 0.4) is 0 Å². The lowest BCUT2D eigenvalue weighted by Crippen LogP contribution is -2.23. The van der Waals surface area contributed by atoms with Crippen molar-refractivity contribution in [1.29, 1.82) is 0 Å². The number of rotatable bonds is 4. The number of halogens is 4. The average Bonchev–Trinajstić information content (AvgIpc) is 3.35. The summed E-state index contributed by atoms with van der Waals surface area (Å²) >= 11 is 5.88. The highest BCUT2D eigenvalue weighted by Gasteiger charge is 2.40. The number of aromatic nitrogens is 2. The summed E-state index contributed by atoms with van der Waals surface area (Å²) in [5.41, 5.74) is -0.773. The van der Waals surface area contributed by atoms with E-state index < -0.39 is 23.3 Å². The van der Waals surface area contributed by atoms with Gasteiger partial charge in [0.25, 0.3) is 5.91 Å². The number of amides is 2. The van der Waals surface area contributed by atoms with Crippen LogP contribution < -0.4 is 10.2 Å². The molecule has 0 bridgehead atoms. The minimum absolute atomic E-state index is 0.0139. The average molecular weight is 449 g/mol. The Morgan fingerprint density at radius 1 is 1.10 bits per heavy atom. The number of hydrogen-bond acceptors (Lipinski definition) is 3. The maximum atomic E-state index is 13.8. The molecule has 31 heavy (non-hydrogen) atoms. The molecule has 0 spiro atoms. The molecule has 6 nitrogen and oxygen atoms in total. The highest BCUT2D eigenvalue weighted by Crippen LogP contribution is 2.34. The van der Waals surface area contributed by atoms with Crippen LogP contribution in [0.15, 0.2) is 54.7 Å². The van der Waals surface area contributed by atoms with Gasteiger partial charge in [-0.05, 0) is 48.9 Å². The van der Waals surface area contributed by atoms with Gasteiger partial charge in [-0.15, -0.1) is 0 Å². The molecule has 0 radical (unpaired) electrons. The van der Waals surface area contributed by atoms with Crippen LogP contribution in [0.2, 0.25) is 5.02 Å². The molecule has 10 heteroatoms. The van der Waals surface area contributed by atoms with E-state index in [1.54, 1.807) is 17.0 Å². The third kappa shape index (κ3) is 4.27. The van der Waals surface area contributed by atoms with Crippen molar-refractivity contribution in [2.45, 2.75) is 19.0 Å². The second kappa shape index (κ2) is 8.07. The van der Waals surface area contributed by atoms with Gasteiger partial charge in [-0.25, -0.2) is 4.68 Å². The van der Waals surface area contributed by atoms with Crippen LogP contribution in [0.4, 0.5) is 24.5 Å². The van der Waals surface area contributed by atoms with Crippen molar-refractivity contribution in [2.75, 3.05) is 16.8 Å². The lowest BCUT2D eigenvalue weighted by atomic mass is 10.2. The van der Waals surface area contributed by atoms with Gasteiger partial charge in [0.2, 0.25) is 5.91 Å². The first-order valence-electron chi connectivity index (χ1n) is 9.37. The summed E-state index contributed by atoms with van der Waals surface area (Å²) in [5, 5.41) is 6.46. The molecule has 1 aromatic heterocycles. The summed E-state index contributed by atoms with van der Waals surface area (Å²) in [6.45, 7) is 0.613. The molecule has 1 aliphatic heterocycles. The Morgan fingerprint density at radius 3 is 2.45 bits per heavy atom. The second-order valence-electron chi connectivity index (χ2n) is 6.95. The van der Waals surface area contributed by atoms with Gasteiger partial charge < -0.3 is 10.2 Å². The summed E-state index contributed by atoms with van der Waals surface area (Å²) in [4.78, 5) is 26.1. The van der Waals surface area contributed by atoms with Crippen molar-refractivity contribution in [1.82, 2.24) is 9.78 Å². The molecule has 0 aliphatic carbocycles. The Bertz CT molecular complexity index is 1140. The highest BCUT2D eigenvalue weighted by molar-refractivity contribution is 6.30. The Balaban J connectivity index is 1.61. The Kier molecular flexibility index (Phi) is 5.45. The van der Waals surface area contributed by atoms with E-state index in [2.05, 4.69) is 10.4 Å². The summed E-state index contributed by atoms with van der Waals surface area (Å²) in [6.07, 6.45) is -2.70. The summed E-state index contributed by atoms with van der Waals surface area (Å²) in [7, 11) is 0. The fourth-order valence-electron chi connectivity index (χ4n) is 3.44. The van der Waals surface area contributed by atoms with Gasteiger partial charge in [0, 0.05) is 29.4 Å². The molecule has 0 atom stereocenters. The smallest absolute Gasteiger partial charge is 0.322 e. The molecule has 1 fully saturated rings. The van der Waals surface area contributed by atoms with Crippen molar-refractivity contribution in [3.63, 3.8) is 0 Å². The van der Waals surface area contributed by atoms with Crippen LogP contribution in [0.1, 0.15) is 28.9 Å². The molecule has 0 saturated carbocycles. The molecule has 2 heterocycles. The second-order valence-corrected chi connectivity index (χ2v) is 7.38. The van der Waals surface area contributed by atoms with Crippen molar-refractivity contribution < 1.29 is 22.8 Å². The van der Waals surface area contributed by atoms with Crippen LogP contribution in [0, 0.1) is 0 Å². The van der Waals surface area contributed by atoms with Crippen LogP contribution in [-0.2, 0) is 11.0 Å². The van der Waals surface area contributed by atoms with Crippen LogP contribution in [0.5, 0.6) is 0 Å². The normalized spacial score (nSPS) is 14.2. The fourth-order valence-corrected chi connectivity index (χ4v) is 3.62. The van der Waals surface area contributed by atoms with Gasteiger partial charge in [0.15, 0.2) is 5.69 Å². The van der Waals surface area contributed by atoms with Crippen molar-refractivity contribution in [3.8, 4) is 5.69 Å². The third-order valence-electron chi connectivity index (χ3n) is 4.85. The van der Waals surface area contributed by atoms with Gasteiger partial charge >= 0.3 is 6.18 Å². The highest BCUT2D eigenvalue weighted by atomic mass is 35.5. The van der Waals surface area contributed by atoms with Crippen LogP contribution >= 0.6 is 11.6 Å². The van der Waals surface area contributed by atoms with Gasteiger partial charge in [-0.2, -0.15) is 18.3 Å². The Labute approximate surface area is 180 Å². The van der Waals surface area contributed by atoms with E-state index in [1.807, 2.05) is 0 Å². The number of hydrogen-bond donors (Lipinski definition) is 1. The monoisotopic (exact) mass is 448 g/mol. The minimum atomic E-state index is -4.83. The van der Waals surface area contributed by atoms with Crippen molar-refractivity contribution >= 4 is 34.8 Å². The number of carbonyl (C=O) groups is 2. The Hall–Kier alpha value is -3.33. The molecule has 1 N–H and O–H groups in total. The van der Waals surface area contributed by atoms with E-state index in [0.29, 0.717) is 29.0 Å². The maximum absolute atomic E-state index is 13.8. The van der Waals surface area contributed by atoms with E-state index in [-0.39, 0.29) is 16.6 Å². The zero-order valence-electron chi connectivity index (χ0n) is 16.0. The summed E-state index contributed by atoms with van der Waals surface area (Å²) in [6, 6.07) is 12.1. The molecule has 2 aromatic carbocycles. The molecule has 4 rings (SSSR count). The van der Waals surface area contributed by atoms with Crippen LogP contribution in [-0.4, -0.2) is 28.1 Å². The van der Waals surface area contributed by atoms with Crippen molar-refractivity contribution in [2.24, 2.45) is 0 Å². The summed E-state index contributed by atoms with van der Waals surface area (Å²) < 4.78 is 42.0. The number of carbonyl (C=O) groups excluding carboxylic acids is 2. The number of nitrogens with zero attached hydrogens (tertiary/aromatic N) is 3. The van der Waals surface area contributed by atoms with Gasteiger partial charge in [0.1, 0.15) is 0 Å². The predicted molar refractivity (Wildman–Crippen MR) is 110 cm³/mol. The lowest BCUT2D eigenvalue weighted by molar-refractivity contribution is -0.143. The van der Waals surface area contributed by atoms with E-state index in [0.717, 1.165) is 12.6 Å². The molecule has 1 saturated heterocycles. The number of benzene rings is 2. The van der Waals surface area contributed by atoms with Crippen molar-refractivity contribution in [3.05, 3.63) is 71.0 Å². The van der Waals surface area contributed by atoms with E-state index in [1.165, 1.54) is 36.4 Å². The zero-order valence-corrected chi connectivity index (χ0v) is 16.7. The quantitative estimate of drug-likeness (QED) is 0.615. The maximum Gasteiger partial charge on any atom is 0.434 e. The van der Waals surface area contributed by atoms with E-state index in [4.69, 9.17) is 11.6 Å². The van der Waals surface area contributed by atoms with Gasteiger partial charge in [-0.3, -0.25) is 9.59 Å². The molecular weight excluding hydrogens is 433 g/mol. The van der Waals surface area contributed by atoms with Gasteiger partial charge in [-0.1, -0.05) is 17.7 Å². The number of anilines is 2. The molecule has 160 valence electrons. The first-order valence-corrected chi connectivity index (χ1v) is 9.75. The third-order valence-corrected chi connectivity index (χ3v) is 5.08. The first kappa shape index (κ1) is 20.9. The standard InChI is InChI=1S/C21H16ClF3N4O2/c22-13-3-1-4-16(11-13)29-19(21(23,24)25)17(12-26-29)20(31)27-14-6-8-15(9-7-14)28-10-2-5-18(28)30/h1,3-4,6-9,11-12H,2,5,10H2,(H,27,31). The number of nitrogens with one attached hydrogen (secondary N) is 1. The Morgan fingerprint density at radius 2 is 1.84 bits per heavy atom. The first-order chi connectivity index (χ1) is 14.7. The molecular formula is C21H16ClF3N4O2. The minimum Gasteiger partial charge on any atom is -0.322 e. The van der Waals surface area contributed by atoms with E-state index >= 15 is 0 Å². The predicted octanol–water partition coefficient (Wildman–Crippen LogP) is 4.92. The molecule has 2 amide bonds. The zero-order chi connectivity index (χ0) is 22.2. The number of alkyl halides is 3. The van der Waals surface area contributed by atoms with Crippen LogP contribution in [0.25, 0.3) is 5.69 Å². The molecule has 3 aromatic rings.